The van der Waals surface area contributed by atoms with Gasteiger partial charge in [-0.3, -0.25) is 9.80 Å². The molecular formula is C20H22N2O2. The largest absolute Gasteiger partial charge is 0.465 e. The van der Waals surface area contributed by atoms with E-state index in [1.807, 2.05) is 24.3 Å². The van der Waals surface area contributed by atoms with E-state index >= 15 is 0 Å². The molecule has 124 valence electrons. The molecule has 0 aliphatic carbocycles. The van der Waals surface area contributed by atoms with Gasteiger partial charge >= 0.3 is 6.09 Å². The van der Waals surface area contributed by atoms with Crippen LogP contribution >= 0.6 is 0 Å². The summed E-state index contributed by atoms with van der Waals surface area (Å²) in [4.78, 5) is 15.6. The second-order valence-corrected chi connectivity index (χ2v) is 6.93. The monoisotopic (exact) mass is 322 g/mol. The number of hydrogen-bond donors (Lipinski definition) is 1. The highest BCUT2D eigenvalue weighted by Crippen LogP contribution is 2.47. The average Bonchev–Trinajstić information content (AvgIpc) is 2.93. The fourth-order valence-electron chi connectivity index (χ4n) is 4.21. The molecule has 24 heavy (non-hydrogen) atoms. The fourth-order valence-corrected chi connectivity index (χ4v) is 4.21. The Morgan fingerprint density at radius 2 is 1.67 bits per heavy atom. The van der Waals surface area contributed by atoms with Crippen molar-refractivity contribution >= 4 is 11.8 Å². The summed E-state index contributed by atoms with van der Waals surface area (Å²) in [6.45, 7) is 3.59. The van der Waals surface area contributed by atoms with Crippen molar-refractivity contribution in [1.29, 1.82) is 0 Å². The standard InChI is InChI=1S/C20H22N2O2/c23-19(24)22-15-20(17-8-4-5-9-18(17)22)10-12-21(13-11-20)14-16-6-2-1-3-7-16/h1-9H,10-15H2,(H,23,24). The lowest BCUT2D eigenvalue weighted by molar-refractivity contribution is 0.157. The Bertz CT molecular complexity index is 736. The normalized spacial score (nSPS) is 19.4. The molecule has 1 N–H and O–H groups in total. The van der Waals surface area contributed by atoms with Crippen LogP contribution in [0, 0.1) is 0 Å². The van der Waals surface area contributed by atoms with E-state index in [0.29, 0.717) is 6.54 Å². The number of amides is 1. The predicted molar refractivity (Wildman–Crippen MR) is 94.4 cm³/mol. The van der Waals surface area contributed by atoms with E-state index in [1.54, 1.807) is 0 Å². The number of fused-ring (bicyclic) bond motifs is 2. The summed E-state index contributed by atoms with van der Waals surface area (Å²) in [6, 6.07) is 18.6. The van der Waals surface area contributed by atoms with Crippen molar-refractivity contribution < 1.29 is 9.90 Å². The molecule has 2 heterocycles. The number of nitrogens with zero attached hydrogens (tertiary/aromatic N) is 2. The third-order valence-electron chi connectivity index (χ3n) is 5.52. The molecule has 2 aromatic carbocycles. The molecule has 4 heteroatoms. The number of piperidine rings is 1. The first-order valence-electron chi connectivity index (χ1n) is 8.54. The lowest BCUT2D eigenvalue weighted by Gasteiger charge is -2.39. The van der Waals surface area contributed by atoms with Crippen LogP contribution in [0.3, 0.4) is 0 Å². The van der Waals surface area contributed by atoms with Gasteiger partial charge in [-0.05, 0) is 43.1 Å². The molecule has 0 atom stereocenters. The van der Waals surface area contributed by atoms with Gasteiger partial charge in [-0.15, -0.1) is 0 Å². The Labute approximate surface area is 142 Å². The zero-order chi connectivity index (χ0) is 16.6. The van der Waals surface area contributed by atoms with Gasteiger partial charge in [0.2, 0.25) is 0 Å². The third-order valence-corrected chi connectivity index (χ3v) is 5.52. The summed E-state index contributed by atoms with van der Waals surface area (Å²) in [5.74, 6) is 0. The van der Waals surface area contributed by atoms with Crippen LogP contribution in [-0.2, 0) is 12.0 Å². The summed E-state index contributed by atoms with van der Waals surface area (Å²) >= 11 is 0. The predicted octanol–water partition coefficient (Wildman–Crippen LogP) is 3.72. The van der Waals surface area contributed by atoms with Gasteiger partial charge < -0.3 is 5.11 Å². The second-order valence-electron chi connectivity index (χ2n) is 6.93. The maximum absolute atomic E-state index is 11.6. The number of benzene rings is 2. The molecular weight excluding hydrogens is 300 g/mol. The highest BCUT2D eigenvalue weighted by molar-refractivity contribution is 5.90. The van der Waals surface area contributed by atoms with Gasteiger partial charge in [0.05, 0.1) is 5.69 Å². The highest BCUT2D eigenvalue weighted by atomic mass is 16.4. The first kappa shape index (κ1) is 15.2. The molecule has 1 spiro atoms. The van der Waals surface area contributed by atoms with Crippen LogP contribution in [0.15, 0.2) is 54.6 Å². The zero-order valence-corrected chi connectivity index (χ0v) is 13.7. The number of carboxylic acid groups (broad SMARTS) is 1. The van der Waals surface area contributed by atoms with Crippen LogP contribution in [0.1, 0.15) is 24.0 Å². The smallest absolute Gasteiger partial charge is 0.411 e. The Kier molecular flexibility index (Phi) is 3.77. The minimum atomic E-state index is -0.842. The summed E-state index contributed by atoms with van der Waals surface area (Å²) < 4.78 is 0. The summed E-state index contributed by atoms with van der Waals surface area (Å²) in [7, 11) is 0. The highest BCUT2D eigenvalue weighted by Gasteiger charge is 2.46. The molecule has 0 radical (unpaired) electrons. The molecule has 0 bridgehead atoms. The van der Waals surface area contributed by atoms with Crippen LogP contribution in [0.2, 0.25) is 0 Å². The molecule has 2 aromatic rings. The van der Waals surface area contributed by atoms with Crippen molar-refractivity contribution in [2.24, 2.45) is 0 Å². The summed E-state index contributed by atoms with van der Waals surface area (Å²) in [5, 5.41) is 9.54. The van der Waals surface area contributed by atoms with Crippen molar-refractivity contribution in [2.45, 2.75) is 24.8 Å². The van der Waals surface area contributed by atoms with Crippen molar-refractivity contribution in [3.8, 4) is 0 Å². The van der Waals surface area contributed by atoms with Crippen LogP contribution in [0.5, 0.6) is 0 Å². The van der Waals surface area contributed by atoms with Crippen LogP contribution in [0.4, 0.5) is 10.5 Å². The minimum Gasteiger partial charge on any atom is -0.465 e. The maximum atomic E-state index is 11.6. The minimum absolute atomic E-state index is 0.0117. The fraction of sp³-hybridized carbons (Fsp3) is 0.350. The first-order valence-corrected chi connectivity index (χ1v) is 8.54. The molecule has 0 aromatic heterocycles. The maximum Gasteiger partial charge on any atom is 0.411 e. The van der Waals surface area contributed by atoms with Crippen molar-refractivity contribution in [1.82, 2.24) is 4.90 Å². The molecule has 1 saturated heterocycles. The summed E-state index contributed by atoms with van der Waals surface area (Å²) in [5.41, 5.74) is 3.42. The topological polar surface area (TPSA) is 43.8 Å². The molecule has 1 fully saturated rings. The third kappa shape index (κ3) is 2.57. The van der Waals surface area contributed by atoms with E-state index in [1.165, 1.54) is 16.0 Å². The van der Waals surface area contributed by atoms with Crippen LogP contribution < -0.4 is 4.90 Å². The zero-order valence-electron chi connectivity index (χ0n) is 13.7. The summed E-state index contributed by atoms with van der Waals surface area (Å²) in [6.07, 6.45) is 1.19. The van der Waals surface area contributed by atoms with E-state index in [-0.39, 0.29) is 5.41 Å². The molecule has 2 aliphatic rings. The SMILES string of the molecule is O=C(O)N1CC2(CCN(Cc3ccccc3)CC2)c2ccccc21. The van der Waals surface area contributed by atoms with Crippen LogP contribution in [0.25, 0.3) is 0 Å². The van der Waals surface area contributed by atoms with Crippen molar-refractivity contribution in [3.63, 3.8) is 0 Å². The first-order chi connectivity index (χ1) is 11.7. The number of para-hydroxylation sites is 1. The quantitative estimate of drug-likeness (QED) is 0.916. The lowest BCUT2D eigenvalue weighted by atomic mass is 9.74. The number of carbonyl (C=O) groups is 1. The average molecular weight is 322 g/mol. The number of anilines is 1. The number of rotatable bonds is 2. The molecule has 4 rings (SSSR count). The van der Waals surface area contributed by atoms with Gasteiger partial charge in [0, 0.05) is 18.5 Å². The Morgan fingerprint density at radius 1 is 1.00 bits per heavy atom. The van der Waals surface area contributed by atoms with Gasteiger partial charge in [0.1, 0.15) is 0 Å². The second kappa shape index (κ2) is 5.95. The van der Waals surface area contributed by atoms with Crippen molar-refractivity contribution in [3.05, 3.63) is 65.7 Å². The van der Waals surface area contributed by atoms with E-state index in [9.17, 15) is 9.90 Å². The van der Waals surface area contributed by atoms with Gasteiger partial charge in [0.15, 0.2) is 0 Å². The van der Waals surface area contributed by atoms with E-state index in [2.05, 4.69) is 35.2 Å². The van der Waals surface area contributed by atoms with E-state index in [4.69, 9.17) is 0 Å². The number of hydrogen-bond acceptors (Lipinski definition) is 2. The molecule has 4 nitrogen and oxygen atoms in total. The molecule has 0 unspecified atom stereocenters. The van der Waals surface area contributed by atoms with Gasteiger partial charge in [-0.25, -0.2) is 4.79 Å². The van der Waals surface area contributed by atoms with Gasteiger partial charge in [-0.2, -0.15) is 0 Å². The Morgan fingerprint density at radius 3 is 2.38 bits per heavy atom. The Hall–Kier alpha value is -2.33. The van der Waals surface area contributed by atoms with Crippen LogP contribution in [-0.4, -0.2) is 35.7 Å². The molecule has 1 amide bonds. The van der Waals surface area contributed by atoms with E-state index in [0.717, 1.165) is 38.2 Å². The lowest BCUT2D eigenvalue weighted by Crippen LogP contribution is -2.45. The molecule has 0 saturated carbocycles. The van der Waals surface area contributed by atoms with Crippen molar-refractivity contribution in [2.75, 3.05) is 24.5 Å². The van der Waals surface area contributed by atoms with Gasteiger partial charge in [-0.1, -0.05) is 48.5 Å². The number of likely N-dealkylation sites (tertiary alicyclic amines) is 1. The molecule has 2 aliphatic heterocycles. The van der Waals surface area contributed by atoms with E-state index < -0.39 is 6.09 Å². The van der Waals surface area contributed by atoms with Gasteiger partial charge in [0.25, 0.3) is 0 Å². The Balaban J connectivity index is 1.52.